The lowest BCUT2D eigenvalue weighted by Gasteiger charge is -2.31. The van der Waals surface area contributed by atoms with Gasteiger partial charge < -0.3 is 14.7 Å². The minimum Gasteiger partial charge on any atom is -0.361 e. The predicted octanol–water partition coefficient (Wildman–Crippen LogP) is 2.27. The van der Waals surface area contributed by atoms with Crippen LogP contribution in [0.1, 0.15) is 74.0 Å². The number of piperidine rings is 1. The molecule has 168 valence electrons. The van der Waals surface area contributed by atoms with Crippen LogP contribution in [0, 0.1) is 12.8 Å². The van der Waals surface area contributed by atoms with Crippen molar-refractivity contribution < 1.29 is 23.7 Å². The SMILES string of the molecule is Cc1cc(C(=O)N2CCC(NC(=O)c3ccc4c(c3)C(=O)N(CC(C)C)C4=O)CC2)no1. The van der Waals surface area contributed by atoms with E-state index in [1.54, 1.807) is 30.0 Å². The van der Waals surface area contributed by atoms with Crippen LogP contribution in [0.5, 0.6) is 0 Å². The van der Waals surface area contributed by atoms with E-state index in [9.17, 15) is 19.2 Å². The van der Waals surface area contributed by atoms with Crippen LogP contribution in [-0.4, -0.2) is 64.3 Å². The molecule has 0 spiro atoms. The van der Waals surface area contributed by atoms with Crippen molar-refractivity contribution in [2.24, 2.45) is 5.92 Å². The first kappa shape index (κ1) is 21.7. The molecule has 1 fully saturated rings. The van der Waals surface area contributed by atoms with Crippen LogP contribution in [0.25, 0.3) is 0 Å². The molecular weight excluding hydrogens is 412 g/mol. The van der Waals surface area contributed by atoms with E-state index in [-0.39, 0.29) is 46.8 Å². The maximum Gasteiger partial charge on any atom is 0.276 e. The Labute approximate surface area is 185 Å². The van der Waals surface area contributed by atoms with E-state index in [1.165, 1.54) is 11.0 Å². The second-order valence-corrected chi connectivity index (χ2v) is 8.74. The molecule has 9 heteroatoms. The second kappa shape index (κ2) is 8.57. The summed E-state index contributed by atoms with van der Waals surface area (Å²) < 4.78 is 4.97. The van der Waals surface area contributed by atoms with Crippen molar-refractivity contribution in [3.05, 3.63) is 52.4 Å². The number of aryl methyl sites for hydroxylation is 1. The number of rotatable bonds is 5. The number of nitrogens with zero attached hydrogens (tertiary/aromatic N) is 3. The Morgan fingerprint density at radius 3 is 2.44 bits per heavy atom. The van der Waals surface area contributed by atoms with Gasteiger partial charge in [0, 0.05) is 37.3 Å². The van der Waals surface area contributed by atoms with Gasteiger partial charge in [-0.15, -0.1) is 0 Å². The first-order chi connectivity index (χ1) is 15.2. The zero-order valence-electron chi connectivity index (χ0n) is 18.4. The van der Waals surface area contributed by atoms with Crippen molar-refractivity contribution in [3.8, 4) is 0 Å². The van der Waals surface area contributed by atoms with E-state index in [0.717, 1.165) is 0 Å². The molecule has 0 bridgehead atoms. The van der Waals surface area contributed by atoms with Gasteiger partial charge in [-0.05, 0) is 43.9 Å². The number of carbonyl (C=O) groups is 4. The molecule has 4 amide bonds. The highest BCUT2D eigenvalue weighted by Crippen LogP contribution is 2.25. The summed E-state index contributed by atoms with van der Waals surface area (Å²) >= 11 is 0. The summed E-state index contributed by atoms with van der Waals surface area (Å²) in [6, 6.07) is 6.14. The zero-order valence-corrected chi connectivity index (χ0v) is 18.4. The van der Waals surface area contributed by atoms with E-state index < -0.39 is 0 Å². The van der Waals surface area contributed by atoms with E-state index in [0.29, 0.717) is 49.4 Å². The Morgan fingerprint density at radius 2 is 1.81 bits per heavy atom. The molecule has 0 aliphatic carbocycles. The standard InChI is InChI=1S/C23H26N4O5/c1-13(2)12-27-21(29)17-5-4-15(11-18(17)22(27)30)20(28)24-16-6-8-26(9-7-16)23(31)19-10-14(3)32-25-19/h4-5,10-11,13,16H,6-9,12H2,1-3H3,(H,24,28). The lowest BCUT2D eigenvalue weighted by molar-refractivity contribution is 0.0633. The highest BCUT2D eigenvalue weighted by molar-refractivity contribution is 6.22. The molecule has 0 saturated carbocycles. The van der Waals surface area contributed by atoms with E-state index in [1.807, 2.05) is 13.8 Å². The molecule has 2 aliphatic heterocycles. The maximum absolute atomic E-state index is 12.8. The summed E-state index contributed by atoms with van der Waals surface area (Å²) in [7, 11) is 0. The summed E-state index contributed by atoms with van der Waals surface area (Å²) in [6.07, 6.45) is 1.22. The number of nitrogens with one attached hydrogen (secondary N) is 1. The van der Waals surface area contributed by atoms with Crippen LogP contribution >= 0.6 is 0 Å². The highest BCUT2D eigenvalue weighted by atomic mass is 16.5. The van der Waals surface area contributed by atoms with Gasteiger partial charge in [-0.1, -0.05) is 19.0 Å². The number of aromatic nitrogens is 1. The van der Waals surface area contributed by atoms with Crippen LogP contribution < -0.4 is 5.32 Å². The summed E-state index contributed by atoms with van der Waals surface area (Å²) in [4.78, 5) is 53.3. The zero-order chi connectivity index (χ0) is 23.0. The van der Waals surface area contributed by atoms with Gasteiger partial charge in [0.25, 0.3) is 23.6 Å². The average Bonchev–Trinajstić information content (AvgIpc) is 3.30. The largest absolute Gasteiger partial charge is 0.361 e. The van der Waals surface area contributed by atoms with Gasteiger partial charge in [0.2, 0.25) is 0 Å². The second-order valence-electron chi connectivity index (χ2n) is 8.74. The monoisotopic (exact) mass is 438 g/mol. The summed E-state index contributed by atoms with van der Waals surface area (Å²) in [6.45, 7) is 6.95. The van der Waals surface area contributed by atoms with Crippen LogP contribution in [0.4, 0.5) is 0 Å². The molecule has 1 saturated heterocycles. The fraction of sp³-hybridized carbons (Fsp3) is 0.435. The molecule has 4 rings (SSSR count). The van der Waals surface area contributed by atoms with Crippen LogP contribution in [0.2, 0.25) is 0 Å². The number of benzene rings is 1. The quantitative estimate of drug-likeness (QED) is 0.717. The van der Waals surface area contributed by atoms with E-state index in [4.69, 9.17) is 4.52 Å². The molecule has 2 aromatic rings. The Morgan fingerprint density at radius 1 is 1.12 bits per heavy atom. The molecule has 1 N–H and O–H groups in total. The van der Waals surface area contributed by atoms with Gasteiger partial charge in [0.15, 0.2) is 5.69 Å². The van der Waals surface area contributed by atoms with Gasteiger partial charge in [0.05, 0.1) is 11.1 Å². The molecular formula is C23H26N4O5. The molecule has 0 atom stereocenters. The first-order valence-corrected chi connectivity index (χ1v) is 10.8. The third-order valence-electron chi connectivity index (χ3n) is 5.75. The Balaban J connectivity index is 1.37. The Bertz CT molecular complexity index is 1080. The Kier molecular flexibility index (Phi) is 5.82. The lowest BCUT2D eigenvalue weighted by atomic mass is 10.0. The van der Waals surface area contributed by atoms with E-state index >= 15 is 0 Å². The lowest BCUT2D eigenvalue weighted by Crippen LogP contribution is -2.46. The van der Waals surface area contributed by atoms with Crippen molar-refractivity contribution in [2.75, 3.05) is 19.6 Å². The highest BCUT2D eigenvalue weighted by Gasteiger charge is 2.36. The summed E-state index contributed by atoms with van der Waals surface area (Å²) in [5.41, 5.74) is 1.23. The molecule has 1 aromatic heterocycles. The third kappa shape index (κ3) is 4.15. The smallest absolute Gasteiger partial charge is 0.276 e. The number of carbonyl (C=O) groups excluding carboxylic acids is 4. The fourth-order valence-electron chi connectivity index (χ4n) is 4.09. The number of hydrogen-bond donors (Lipinski definition) is 1. The van der Waals surface area contributed by atoms with Crippen LogP contribution in [0.3, 0.4) is 0 Å². The topological polar surface area (TPSA) is 113 Å². The van der Waals surface area contributed by atoms with Crippen molar-refractivity contribution >= 4 is 23.6 Å². The summed E-state index contributed by atoms with van der Waals surface area (Å²) in [5.74, 6) is -0.414. The van der Waals surface area contributed by atoms with Crippen molar-refractivity contribution in [3.63, 3.8) is 0 Å². The van der Waals surface area contributed by atoms with Crippen molar-refractivity contribution in [1.82, 2.24) is 20.3 Å². The minimum atomic E-state index is -0.358. The molecule has 2 aliphatic rings. The minimum absolute atomic E-state index is 0.0892. The predicted molar refractivity (Wildman–Crippen MR) is 114 cm³/mol. The molecule has 1 aromatic carbocycles. The van der Waals surface area contributed by atoms with E-state index in [2.05, 4.69) is 10.5 Å². The van der Waals surface area contributed by atoms with Crippen LogP contribution in [0.15, 0.2) is 28.8 Å². The Hall–Kier alpha value is -3.49. The number of imide groups is 1. The maximum atomic E-state index is 12.8. The van der Waals surface area contributed by atoms with Gasteiger partial charge >= 0.3 is 0 Å². The van der Waals surface area contributed by atoms with Gasteiger partial charge in [0.1, 0.15) is 5.76 Å². The van der Waals surface area contributed by atoms with Crippen molar-refractivity contribution in [1.29, 1.82) is 0 Å². The number of likely N-dealkylation sites (tertiary alicyclic amines) is 1. The molecule has 3 heterocycles. The number of fused-ring (bicyclic) bond motifs is 1. The fourth-order valence-corrected chi connectivity index (χ4v) is 4.09. The molecule has 0 radical (unpaired) electrons. The third-order valence-corrected chi connectivity index (χ3v) is 5.75. The molecule has 32 heavy (non-hydrogen) atoms. The molecule has 0 unspecified atom stereocenters. The normalized spacial score (nSPS) is 16.6. The van der Waals surface area contributed by atoms with Gasteiger partial charge in [-0.2, -0.15) is 0 Å². The van der Waals surface area contributed by atoms with Crippen molar-refractivity contribution in [2.45, 2.75) is 39.7 Å². The number of amides is 4. The number of hydrogen-bond acceptors (Lipinski definition) is 6. The van der Waals surface area contributed by atoms with Gasteiger partial charge in [-0.25, -0.2) is 0 Å². The first-order valence-electron chi connectivity index (χ1n) is 10.8. The van der Waals surface area contributed by atoms with Crippen LogP contribution in [-0.2, 0) is 0 Å². The van der Waals surface area contributed by atoms with Gasteiger partial charge in [-0.3, -0.25) is 24.1 Å². The average molecular weight is 438 g/mol. The molecule has 9 nitrogen and oxygen atoms in total. The summed E-state index contributed by atoms with van der Waals surface area (Å²) in [5, 5.41) is 6.75.